The van der Waals surface area contributed by atoms with Crippen molar-refractivity contribution >= 4 is 11.6 Å². The molecule has 14 heavy (non-hydrogen) atoms. The number of Topliss-reactive ketones (excluding diaryl/α,β-unsaturated/α-hetero) is 1. The normalized spacial score (nSPS) is 26.5. The summed E-state index contributed by atoms with van der Waals surface area (Å²) in [5, 5.41) is 3.05. The van der Waals surface area contributed by atoms with Gasteiger partial charge in [-0.05, 0) is 12.8 Å². The number of hydrogen-bond donors (Lipinski definition) is 1. The highest BCUT2D eigenvalue weighted by Crippen LogP contribution is 2.24. The molecule has 1 heterocycles. The van der Waals surface area contributed by atoms with Gasteiger partial charge in [0, 0.05) is 18.3 Å². The van der Waals surface area contributed by atoms with E-state index in [2.05, 4.69) is 5.32 Å². The minimum absolute atomic E-state index is 0.145. The van der Waals surface area contributed by atoms with Gasteiger partial charge in [0.25, 0.3) is 0 Å². The van der Waals surface area contributed by atoms with E-state index < -0.39 is 0 Å². The monoisotopic (exact) mass is 193 g/mol. The first-order chi connectivity index (χ1) is 6.74. The summed E-state index contributed by atoms with van der Waals surface area (Å²) in [4.78, 5) is 23.1. The lowest BCUT2D eigenvalue weighted by Gasteiger charge is -2.02. The molecule has 0 spiro atoms. The Kier molecular flexibility index (Phi) is 2.11. The Hall–Kier alpha value is -1.58. The van der Waals surface area contributed by atoms with E-state index in [1.165, 1.54) is 13.2 Å². The van der Waals surface area contributed by atoms with Crippen LogP contribution in [0.1, 0.15) is 12.8 Å². The van der Waals surface area contributed by atoms with Crippen LogP contribution in [0.3, 0.4) is 0 Å². The molecule has 2 rings (SSSR count). The maximum absolute atomic E-state index is 11.6. The van der Waals surface area contributed by atoms with E-state index in [0.717, 1.165) is 25.1 Å². The van der Waals surface area contributed by atoms with Crippen LogP contribution in [0.5, 0.6) is 0 Å². The molecule has 0 saturated carbocycles. The van der Waals surface area contributed by atoms with Crippen LogP contribution in [0.25, 0.3) is 0 Å². The van der Waals surface area contributed by atoms with E-state index in [9.17, 15) is 9.59 Å². The molecule has 2 aliphatic rings. The third-order valence-electron chi connectivity index (χ3n) is 2.42. The van der Waals surface area contributed by atoms with E-state index in [0.29, 0.717) is 0 Å². The lowest BCUT2D eigenvalue weighted by atomic mass is 10.1. The van der Waals surface area contributed by atoms with Crippen LogP contribution in [0.15, 0.2) is 23.1 Å². The molecule has 0 aromatic carbocycles. The molecule has 4 nitrogen and oxygen atoms in total. The minimum atomic E-state index is -0.290. The fraction of sp³-hybridized carbons (Fsp3) is 0.400. The van der Waals surface area contributed by atoms with Crippen molar-refractivity contribution in [2.75, 3.05) is 13.7 Å². The van der Waals surface area contributed by atoms with Gasteiger partial charge in [0.1, 0.15) is 0 Å². The Labute approximate surface area is 81.6 Å². The highest BCUT2D eigenvalue weighted by atomic mass is 16.5. The van der Waals surface area contributed by atoms with Gasteiger partial charge in [0.05, 0.1) is 12.7 Å². The van der Waals surface area contributed by atoms with Crippen molar-refractivity contribution in [1.82, 2.24) is 5.32 Å². The number of hydrogen-bond acceptors (Lipinski definition) is 4. The van der Waals surface area contributed by atoms with Crippen molar-refractivity contribution in [1.29, 1.82) is 0 Å². The summed E-state index contributed by atoms with van der Waals surface area (Å²) in [6.07, 6.45) is 3.00. The van der Waals surface area contributed by atoms with Crippen LogP contribution in [0.2, 0.25) is 0 Å². The van der Waals surface area contributed by atoms with Gasteiger partial charge in [-0.25, -0.2) is 0 Å². The van der Waals surface area contributed by atoms with Gasteiger partial charge in [-0.1, -0.05) is 0 Å². The first kappa shape index (κ1) is 8.99. The van der Waals surface area contributed by atoms with Crippen molar-refractivity contribution in [3.8, 4) is 0 Å². The predicted molar refractivity (Wildman–Crippen MR) is 49.4 cm³/mol. The molecule has 4 heteroatoms. The molecule has 74 valence electrons. The number of methoxy groups -OCH3 is 1. The van der Waals surface area contributed by atoms with Gasteiger partial charge in [-0.3, -0.25) is 9.59 Å². The number of allylic oxidation sites excluding steroid dienone is 3. The number of ketones is 2. The fourth-order valence-corrected chi connectivity index (χ4v) is 1.74. The lowest BCUT2D eigenvalue weighted by Crippen LogP contribution is -2.14. The molecular formula is C10H11NO3. The van der Waals surface area contributed by atoms with Crippen molar-refractivity contribution in [3.63, 3.8) is 0 Å². The number of ether oxygens (including phenoxy) is 1. The van der Waals surface area contributed by atoms with Crippen LogP contribution in [-0.2, 0) is 14.3 Å². The summed E-state index contributed by atoms with van der Waals surface area (Å²) in [7, 11) is 1.40. The van der Waals surface area contributed by atoms with E-state index in [-0.39, 0.29) is 22.9 Å². The summed E-state index contributed by atoms with van der Waals surface area (Å²) in [6.45, 7) is 0.835. The van der Waals surface area contributed by atoms with Crippen LogP contribution < -0.4 is 5.32 Å². The first-order valence-corrected chi connectivity index (χ1v) is 4.56. The minimum Gasteiger partial charge on any atom is -0.492 e. The zero-order valence-electron chi connectivity index (χ0n) is 7.92. The molecule has 0 aromatic heterocycles. The number of carbonyl (C=O) groups excluding carboxylic acids is 2. The summed E-state index contributed by atoms with van der Waals surface area (Å²) in [5.74, 6) is -0.385. The Balaban J connectivity index is 2.36. The lowest BCUT2D eigenvalue weighted by molar-refractivity contribution is -0.117. The van der Waals surface area contributed by atoms with Crippen molar-refractivity contribution in [2.45, 2.75) is 12.8 Å². The second-order valence-electron chi connectivity index (χ2n) is 3.29. The number of carbonyl (C=O) groups is 2. The van der Waals surface area contributed by atoms with Crippen molar-refractivity contribution in [3.05, 3.63) is 23.1 Å². The Morgan fingerprint density at radius 1 is 1.43 bits per heavy atom. The summed E-state index contributed by atoms with van der Waals surface area (Å²) >= 11 is 0. The molecular weight excluding hydrogens is 182 g/mol. The molecule has 0 radical (unpaired) electrons. The molecule has 1 saturated heterocycles. The highest BCUT2D eigenvalue weighted by molar-refractivity contribution is 6.35. The molecule has 0 amide bonds. The summed E-state index contributed by atoms with van der Waals surface area (Å²) in [5.41, 5.74) is 1.03. The van der Waals surface area contributed by atoms with Gasteiger partial charge in [0.15, 0.2) is 11.5 Å². The van der Waals surface area contributed by atoms with Crippen LogP contribution >= 0.6 is 0 Å². The zero-order chi connectivity index (χ0) is 10.1. The SMILES string of the molecule is COC1=CC(=O)C(=C2CCCN2)C1=O. The maximum Gasteiger partial charge on any atom is 0.233 e. The largest absolute Gasteiger partial charge is 0.492 e. The van der Waals surface area contributed by atoms with Crippen molar-refractivity contribution < 1.29 is 14.3 Å². The van der Waals surface area contributed by atoms with Gasteiger partial charge in [-0.15, -0.1) is 0 Å². The smallest absolute Gasteiger partial charge is 0.233 e. The van der Waals surface area contributed by atoms with E-state index in [1.54, 1.807) is 0 Å². The van der Waals surface area contributed by atoms with Crippen molar-refractivity contribution in [2.24, 2.45) is 0 Å². The Bertz CT molecular complexity index is 358. The summed E-state index contributed by atoms with van der Waals surface area (Å²) in [6, 6.07) is 0. The molecule has 1 fully saturated rings. The zero-order valence-corrected chi connectivity index (χ0v) is 7.92. The van der Waals surface area contributed by atoms with E-state index >= 15 is 0 Å². The number of rotatable bonds is 1. The fourth-order valence-electron chi connectivity index (χ4n) is 1.74. The van der Waals surface area contributed by atoms with Crippen LogP contribution in [0.4, 0.5) is 0 Å². The van der Waals surface area contributed by atoms with Crippen LogP contribution in [-0.4, -0.2) is 25.2 Å². The summed E-state index contributed by atoms with van der Waals surface area (Å²) < 4.78 is 4.81. The van der Waals surface area contributed by atoms with Gasteiger partial charge in [0.2, 0.25) is 5.78 Å². The second-order valence-corrected chi connectivity index (χ2v) is 3.29. The van der Waals surface area contributed by atoms with Gasteiger partial charge < -0.3 is 10.1 Å². The molecule has 0 atom stereocenters. The van der Waals surface area contributed by atoms with Gasteiger partial charge >= 0.3 is 0 Å². The maximum atomic E-state index is 11.6. The van der Waals surface area contributed by atoms with E-state index in [4.69, 9.17) is 4.74 Å². The second kappa shape index (κ2) is 3.29. The molecule has 1 N–H and O–H groups in total. The Morgan fingerprint density at radius 2 is 2.21 bits per heavy atom. The third-order valence-corrected chi connectivity index (χ3v) is 2.42. The number of nitrogens with one attached hydrogen (secondary N) is 1. The highest BCUT2D eigenvalue weighted by Gasteiger charge is 2.33. The quantitative estimate of drug-likeness (QED) is 0.481. The predicted octanol–water partition coefficient (Wildman–Crippen LogP) is 0.306. The molecule has 0 aromatic rings. The average Bonchev–Trinajstić information content (AvgIpc) is 2.74. The Morgan fingerprint density at radius 3 is 2.71 bits per heavy atom. The van der Waals surface area contributed by atoms with Gasteiger partial charge in [-0.2, -0.15) is 0 Å². The molecule has 0 unspecified atom stereocenters. The molecule has 0 bridgehead atoms. The molecule has 1 aliphatic heterocycles. The van der Waals surface area contributed by atoms with Crippen LogP contribution in [0, 0.1) is 0 Å². The van der Waals surface area contributed by atoms with E-state index in [1.807, 2.05) is 0 Å². The first-order valence-electron chi connectivity index (χ1n) is 4.56. The average molecular weight is 193 g/mol. The standard InChI is InChI=1S/C10H11NO3/c1-14-8-5-7(12)9(10(8)13)6-3-2-4-11-6/h5,11H,2-4H2,1H3. The molecule has 1 aliphatic carbocycles. The topological polar surface area (TPSA) is 55.4 Å². The third kappa shape index (κ3) is 1.23.